The molecule has 0 unspecified atom stereocenters. The maximum Gasteiger partial charge on any atom is 0.246 e. The van der Waals surface area contributed by atoms with E-state index in [0.717, 1.165) is 5.69 Å². The zero-order valence-electron chi connectivity index (χ0n) is 11.3. The summed E-state index contributed by atoms with van der Waals surface area (Å²) >= 11 is 5.79. The second-order valence-electron chi connectivity index (χ2n) is 4.84. The summed E-state index contributed by atoms with van der Waals surface area (Å²) in [7, 11) is 1.46. The molecule has 1 aliphatic rings. The number of hydrogen-bond acceptors (Lipinski definition) is 5. The molecule has 2 atom stereocenters. The largest absolute Gasteiger partial charge is 0.390 e. The van der Waals surface area contributed by atoms with Gasteiger partial charge < -0.3 is 15.2 Å². The van der Waals surface area contributed by atoms with Gasteiger partial charge in [-0.3, -0.25) is 14.7 Å². The van der Waals surface area contributed by atoms with E-state index in [9.17, 15) is 9.90 Å². The fourth-order valence-electron chi connectivity index (χ4n) is 2.25. The predicted octanol–water partition coefficient (Wildman–Crippen LogP) is 0.0427. The number of carbonyl (C=O) groups excluding carboxylic acids is 1. The Morgan fingerprint density at radius 3 is 3.05 bits per heavy atom. The van der Waals surface area contributed by atoms with E-state index in [1.54, 1.807) is 12.3 Å². The molecule has 20 heavy (non-hydrogen) atoms. The molecule has 0 radical (unpaired) electrons. The van der Waals surface area contributed by atoms with Crippen molar-refractivity contribution in [2.45, 2.75) is 18.7 Å². The van der Waals surface area contributed by atoms with Crippen molar-refractivity contribution in [3.8, 4) is 0 Å². The first-order valence-electron chi connectivity index (χ1n) is 6.37. The summed E-state index contributed by atoms with van der Waals surface area (Å²) in [6.45, 7) is 1.70. The lowest BCUT2D eigenvalue weighted by molar-refractivity contribution is -0.125. The number of aliphatic hydroxyl groups excluding tert-OH is 1. The first-order valence-corrected chi connectivity index (χ1v) is 6.75. The van der Waals surface area contributed by atoms with Gasteiger partial charge in [0.1, 0.15) is 6.61 Å². The van der Waals surface area contributed by atoms with E-state index in [0.29, 0.717) is 24.7 Å². The first-order chi connectivity index (χ1) is 9.58. The monoisotopic (exact) mass is 299 g/mol. The Morgan fingerprint density at radius 1 is 1.60 bits per heavy atom. The fourth-order valence-corrected chi connectivity index (χ4v) is 2.36. The van der Waals surface area contributed by atoms with Crippen LogP contribution >= 0.6 is 11.6 Å². The maximum atomic E-state index is 11.5. The summed E-state index contributed by atoms with van der Waals surface area (Å²) in [5.74, 6) is -0.219. The van der Waals surface area contributed by atoms with E-state index >= 15 is 0 Å². The Labute approximate surface area is 122 Å². The second-order valence-corrected chi connectivity index (χ2v) is 5.27. The highest BCUT2D eigenvalue weighted by atomic mass is 35.5. The summed E-state index contributed by atoms with van der Waals surface area (Å²) in [6, 6.07) is 3.37. The van der Waals surface area contributed by atoms with Crippen LogP contribution in [0.5, 0.6) is 0 Å². The number of amides is 1. The van der Waals surface area contributed by atoms with Crippen molar-refractivity contribution in [3.05, 3.63) is 29.0 Å². The molecule has 7 heteroatoms. The molecular weight excluding hydrogens is 282 g/mol. The van der Waals surface area contributed by atoms with Gasteiger partial charge in [-0.2, -0.15) is 0 Å². The molecule has 1 amide bonds. The van der Waals surface area contributed by atoms with Crippen molar-refractivity contribution in [1.29, 1.82) is 0 Å². The molecule has 0 aromatic carbocycles. The molecule has 0 spiro atoms. The number of nitrogens with one attached hydrogen (secondary N) is 1. The minimum absolute atomic E-state index is 0.00194. The molecule has 1 aromatic heterocycles. The Kier molecular flexibility index (Phi) is 5.31. The maximum absolute atomic E-state index is 11.5. The quantitative estimate of drug-likeness (QED) is 0.803. The van der Waals surface area contributed by atoms with Gasteiger partial charge in [-0.15, -0.1) is 0 Å². The number of carbonyl (C=O) groups is 1. The van der Waals surface area contributed by atoms with Crippen molar-refractivity contribution < 1.29 is 14.6 Å². The molecule has 110 valence electrons. The SMILES string of the molecule is COCC(=O)N[C@@H]1CN(Cc2ccc(Cl)cn2)C[C@H]1O. The van der Waals surface area contributed by atoms with Gasteiger partial charge in [-0.1, -0.05) is 11.6 Å². The lowest BCUT2D eigenvalue weighted by Crippen LogP contribution is -2.44. The molecule has 2 heterocycles. The van der Waals surface area contributed by atoms with E-state index in [2.05, 4.69) is 10.3 Å². The van der Waals surface area contributed by atoms with Crippen LogP contribution in [-0.2, 0) is 16.1 Å². The van der Waals surface area contributed by atoms with Gasteiger partial charge in [-0.05, 0) is 12.1 Å². The van der Waals surface area contributed by atoms with Gasteiger partial charge in [0.2, 0.25) is 5.91 Å². The van der Waals surface area contributed by atoms with E-state index in [4.69, 9.17) is 16.3 Å². The van der Waals surface area contributed by atoms with Crippen LogP contribution in [0.3, 0.4) is 0 Å². The van der Waals surface area contributed by atoms with Crippen LogP contribution in [0.4, 0.5) is 0 Å². The summed E-state index contributed by atoms with van der Waals surface area (Å²) in [5, 5.41) is 13.3. The average molecular weight is 300 g/mol. The van der Waals surface area contributed by atoms with Crippen molar-refractivity contribution >= 4 is 17.5 Å². The smallest absolute Gasteiger partial charge is 0.246 e. The van der Waals surface area contributed by atoms with Crippen LogP contribution in [0.1, 0.15) is 5.69 Å². The normalized spacial score (nSPS) is 22.9. The second kappa shape index (κ2) is 6.99. The van der Waals surface area contributed by atoms with Crippen LogP contribution in [0.2, 0.25) is 5.02 Å². The number of pyridine rings is 1. The van der Waals surface area contributed by atoms with Crippen LogP contribution in [0.15, 0.2) is 18.3 Å². The Hall–Kier alpha value is -1.21. The van der Waals surface area contributed by atoms with Crippen molar-refractivity contribution in [3.63, 3.8) is 0 Å². The number of halogens is 1. The van der Waals surface area contributed by atoms with Gasteiger partial charge in [0.05, 0.1) is 22.9 Å². The fraction of sp³-hybridized carbons (Fsp3) is 0.538. The van der Waals surface area contributed by atoms with Crippen molar-refractivity contribution in [2.75, 3.05) is 26.8 Å². The Morgan fingerprint density at radius 2 is 2.40 bits per heavy atom. The summed E-state index contributed by atoms with van der Waals surface area (Å²) in [4.78, 5) is 17.7. The number of nitrogens with zero attached hydrogens (tertiary/aromatic N) is 2. The van der Waals surface area contributed by atoms with Gasteiger partial charge in [0.25, 0.3) is 0 Å². The lowest BCUT2D eigenvalue weighted by Gasteiger charge is -2.16. The molecule has 6 nitrogen and oxygen atoms in total. The Balaban J connectivity index is 1.86. The lowest BCUT2D eigenvalue weighted by atomic mass is 10.2. The number of aromatic nitrogens is 1. The summed E-state index contributed by atoms with van der Waals surface area (Å²) in [5.41, 5.74) is 0.880. The standard InChI is InChI=1S/C13H18ClN3O3/c1-20-8-13(19)16-11-6-17(7-12(11)18)5-10-3-2-9(14)4-15-10/h2-4,11-12,18H,5-8H2,1H3,(H,16,19)/t11-,12-/m1/s1. The molecule has 2 rings (SSSR count). The van der Waals surface area contributed by atoms with Crippen LogP contribution in [-0.4, -0.2) is 59.8 Å². The summed E-state index contributed by atoms with van der Waals surface area (Å²) < 4.78 is 4.75. The van der Waals surface area contributed by atoms with E-state index in [-0.39, 0.29) is 18.6 Å². The zero-order valence-corrected chi connectivity index (χ0v) is 12.0. The number of rotatable bonds is 5. The van der Waals surface area contributed by atoms with Crippen molar-refractivity contribution in [2.24, 2.45) is 0 Å². The van der Waals surface area contributed by atoms with Gasteiger partial charge in [-0.25, -0.2) is 0 Å². The molecule has 0 saturated carbocycles. The van der Waals surface area contributed by atoms with Gasteiger partial charge in [0, 0.05) is 32.9 Å². The number of ether oxygens (including phenoxy) is 1. The van der Waals surface area contributed by atoms with Gasteiger partial charge in [0.15, 0.2) is 0 Å². The first kappa shape index (κ1) is 15.2. The molecule has 0 aliphatic carbocycles. The molecule has 1 aromatic rings. The molecule has 1 aliphatic heterocycles. The van der Waals surface area contributed by atoms with Crippen LogP contribution in [0, 0.1) is 0 Å². The Bertz CT molecular complexity index is 455. The third kappa shape index (κ3) is 4.14. The highest BCUT2D eigenvalue weighted by molar-refractivity contribution is 6.30. The molecule has 1 fully saturated rings. The minimum Gasteiger partial charge on any atom is -0.390 e. The molecular formula is C13H18ClN3O3. The number of likely N-dealkylation sites (tertiary alicyclic amines) is 1. The highest BCUT2D eigenvalue weighted by Gasteiger charge is 2.32. The predicted molar refractivity (Wildman–Crippen MR) is 74.3 cm³/mol. The third-order valence-corrected chi connectivity index (χ3v) is 3.38. The molecule has 2 N–H and O–H groups in total. The molecule has 0 bridgehead atoms. The molecule has 1 saturated heterocycles. The van der Waals surface area contributed by atoms with E-state index < -0.39 is 6.10 Å². The summed E-state index contributed by atoms with van der Waals surface area (Å²) in [6.07, 6.45) is 1.02. The highest BCUT2D eigenvalue weighted by Crippen LogP contribution is 2.14. The average Bonchev–Trinajstić information content (AvgIpc) is 2.73. The van der Waals surface area contributed by atoms with E-state index in [1.165, 1.54) is 7.11 Å². The number of methoxy groups -OCH3 is 1. The number of β-amino-alcohol motifs (C(OH)–C–C–N with tert-alkyl or cyclic N) is 1. The van der Waals surface area contributed by atoms with Crippen LogP contribution < -0.4 is 5.32 Å². The number of aliphatic hydroxyl groups is 1. The number of hydrogen-bond donors (Lipinski definition) is 2. The van der Waals surface area contributed by atoms with Gasteiger partial charge >= 0.3 is 0 Å². The van der Waals surface area contributed by atoms with Crippen LogP contribution in [0.25, 0.3) is 0 Å². The third-order valence-electron chi connectivity index (χ3n) is 3.16. The minimum atomic E-state index is -0.580. The zero-order chi connectivity index (χ0) is 14.5. The topological polar surface area (TPSA) is 74.7 Å². The van der Waals surface area contributed by atoms with E-state index in [1.807, 2.05) is 11.0 Å². The van der Waals surface area contributed by atoms with Crippen molar-refractivity contribution in [1.82, 2.24) is 15.2 Å².